The summed E-state index contributed by atoms with van der Waals surface area (Å²) < 4.78 is 0. The van der Waals surface area contributed by atoms with Crippen molar-refractivity contribution in [1.29, 1.82) is 0 Å². The maximum atomic E-state index is 10.6. The van der Waals surface area contributed by atoms with E-state index in [0.717, 1.165) is 18.5 Å². The summed E-state index contributed by atoms with van der Waals surface area (Å²) in [6, 6.07) is 27.6. The number of benzene rings is 3. The van der Waals surface area contributed by atoms with Crippen molar-refractivity contribution in [3.8, 4) is 11.1 Å². The molecule has 0 saturated carbocycles. The summed E-state index contributed by atoms with van der Waals surface area (Å²) in [7, 11) is 0. The number of quaternary nitrogens is 1. The Morgan fingerprint density at radius 3 is 1.93 bits per heavy atom. The third-order valence-corrected chi connectivity index (χ3v) is 5.60. The fourth-order valence-corrected chi connectivity index (χ4v) is 4.18. The molecule has 0 spiro atoms. The van der Waals surface area contributed by atoms with E-state index in [-0.39, 0.29) is 18.4 Å². The lowest BCUT2D eigenvalue weighted by molar-refractivity contribution is -0.694. The van der Waals surface area contributed by atoms with E-state index in [2.05, 4.69) is 60.8 Å². The van der Waals surface area contributed by atoms with Crippen LogP contribution < -0.4 is 17.7 Å². The second kappa shape index (κ2) is 8.71. The van der Waals surface area contributed by atoms with Crippen LogP contribution in [0, 0.1) is 0 Å². The maximum Gasteiger partial charge on any atom is 0.130 e. The molecule has 0 fully saturated rings. The summed E-state index contributed by atoms with van der Waals surface area (Å²) in [5.74, 6) is 0.458. The summed E-state index contributed by atoms with van der Waals surface area (Å²) in [6.45, 7) is 3.10. The predicted molar refractivity (Wildman–Crippen MR) is 106 cm³/mol. The first kappa shape index (κ1) is 19.6. The minimum absolute atomic E-state index is 0. The highest BCUT2D eigenvalue weighted by Crippen LogP contribution is 2.45. The molecule has 0 bridgehead atoms. The van der Waals surface area contributed by atoms with Crippen LogP contribution in [0.5, 0.6) is 0 Å². The lowest BCUT2D eigenvalue weighted by atomic mass is 9.93. The Kier molecular flexibility index (Phi) is 6.33. The first-order valence-corrected chi connectivity index (χ1v) is 9.50. The smallest absolute Gasteiger partial charge is 0.130 e. The molecular weight excluding hydrogens is 354 g/mol. The van der Waals surface area contributed by atoms with Gasteiger partial charge in [-0.15, -0.1) is 0 Å². The van der Waals surface area contributed by atoms with Gasteiger partial charge in [-0.25, -0.2) is 0 Å². The largest absolute Gasteiger partial charge is 1.00 e. The molecule has 0 heterocycles. The van der Waals surface area contributed by atoms with E-state index in [1.165, 1.54) is 22.3 Å². The van der Waals surface area contributed by atoms with Crippen LogP contribution in [-0.4, -0.2) is 17.7 Å². The molecule has 27 heavy (non-hydrogen) atoms. The van der Waals surface area contributed by atoms with Gasteiger partial charge >= 0.3 is 0 Å². The Morgan fingerprint density at radius 2 is 1.33 bits per heavy atom. The van der Waals surface area contributed by atoms with Gasteiger partial charge in [-0.2, -0.15) is 0 Å². The van der Waals surface area contributed by atoms with Gasteiger partial charge in [0.05, 0.1) is 6.54 Å². The molecule has 2 unspecified atom stereocenters. The monoisotopic (exact) mass is 379 g/mol. The molecule has 1 aliphatic carbocycles. The molecule has 3 heteroatoms. The normalized spacial score (nSPS) is 14.7. The lowest BCUT2D eigenvalue weighted by Crippen LogP contribution is -3.00. The van der Waals surface area contributed by atoms with E-state index < -0.39 is 6.10 Å². The first-order valence-electron chi connectivity index (χ1n) is 9.50. The molecule has 0 radical (unpaired) electrons. The van der Waals surface area contributed by atoms with E-state index in [1.54, 1.807) is 0 Å². The topological polar surface area (TPSA) is 36.8 Å². The SMILES string of the molecule is CC([NH2+]CCC1c2ccccc2-c2ccccc21)C(O)c1ccccc1.[Cl-]. The van der Waals surface area contributed by atoms with Gasteiger partial charge in [-0.3, -0.25) is 0 Å². The van der Waals surface area contributed by atoms with E-state index in [9.17, 15) is 5.11 Å². The van der Waals surface area contributed by atoms with Crippen LogP contribution in [0.15, 0.2) is 78.9 Å². The van der Waals surface area contributed by atoms with Gasteiger partial charge in [0.1, 0.15) is 12.1 Å². The average Bonchev–Trinajstić information content (AvgIpc) is 3.02. The van der Waals surface area contributed by atoms with Crippen molar-refractivity contribution in [1.82, 2.24) is 0 Å². The number of fused-ring (bicyclic) bond motifs is 3. The summed E-state index contributed by atoms with van der Waals surface area (Å²) in [4.78, 5) is 0. The minimum atomic E-state index is -0.431. The molecule has 0 aliphatic heterocycles. The number of aliphatic hydroxyl groups excluding tert-OH is 1. The molecule has 3 aromatic rings. The quantitative estimate of drug-likeness (QED) is 0.655. The standard InChI is InChI=1S/C24H25NO.ClH/c1-17(24(26)18-9-3-2-4-10-18)25-16-15-23-21-13-7-5-11-19(21)20-12-6-8-14-22(20)23;/h2-14,17,23-26H,15-16H2,1H3;1H. The van der Waals surface area contributed by atoms with Crippen LogP contribution in [-0.2, 0) is 0 Å². The Morgan fingerprint density at radius 1 is 0.815 bits per heavy atom. The highest BCUT2D eigenvalue weighted by molar-refractivity contribution is 5.78. The third kappa shape index (κ3) is 3.93. The van der Waals surface area contributed by atoms with Gasteiger partial charge < -0.3 is 22.8 Å². The molecule has 3 N–H and O–H groups in total. The van der Waals surface area contributed by atoms with Crippen LogP contribution in [0.3, 0.4) is 0 Å². The van der Waals surface area contributed by atoms with Crippen LogP contribution in [0.4, 0.5) is 0 Å². The van der Waals surface area contributed by atoms with Crippen LogP contribution >= 0.6 is 0 Å². The molecule has 0 aromatic heterocycles. The second-order valence-corrected chi connectivity index (χ2v) is 7.25. The summed E-state index contributed by atoms with van der Waals surface area (Å²) >= 11 is 0. The van der Waals surface area contributed by atoms with E-state index in [4.69, 9.17) is 0 Å². The zero-order valence-corrected chi connectivity index (χ0v) is 16.3. The molecule has 0 amide bonds. The average molecular weight is 380 g/mol. The molecule has 140 valence electrons. The summed E-state index contributed by atoms with van der Waals surface area (Å²) in [6.07, 6.45) is 0.652. The van der Waals surface area contributed by atoms with Gasteiger partial charge in [0.2, 0.25) is 0 Å². The van der Waals surface area contributed by atoms with Gasteiger partial charge in [-0.1, -0.05) is 78.9 Å². The van der Waals surface area contributed by atoms with Gasteiger partial charge in [0.25, 0.3) is 0 Å². The molecule has 1 aliphatic rings. The minimum Gasteiger partial charge on any atom is -1.00 e. The van der Waals surface area contributed by atoms with Crippen molar-refractivity contribution in [2.45, 2.75) is 31.4 Å². The van der Waals surface area contributed by atoms with Crippen LogP contribution in [0.2, 0.25) is 0 Å². The van der Waals surface area contributed by atoms with E-state index in [1.807, 2.05) is 30.3 Å². The maximum absolute atomic E-state index is 10.6. The van der Waals surface area contributed by atoms with Crippen molar-refractivity contribution < 1.29 is 22.8 Å². The number of hydrogen-bond acceptors (Lipinski definition) is 1. The second-order valence-electron chi connectivity index (χ2n) is 7.25. The van der Waals surface area contributed by atoms with Crippen LogP contribution in [0.1, 0.15) is 42.1 Å². The van der Waals surface area contributed by atoms with Crippen molar-refractivity contribution >= 4 is 0 Å². The van der Waals surface area contributed by atoms with Crippen LogP contribution in [0.25, 0.3) is 11.1 Å². The zero-order chi connectivity index (χ0) is 17.9. The number of nitrogens with two attached hydrogens (primary N) is 1. The Labute approximate surface area is 167 Å². The molecule has 0 saturated heterocycles. The zero-order valence-electron chi connectivity index (χ0n) is 15.6. The predicted octanol–water partition coefficient (Wildman–Crippen LogP) is 0.878. The third-order valence-electron chi connectivity index (χ3n) is 5.60. The summed E-state index contributed by atoms with van der Waals surface area (Å²) in [5, 5.41) is 12.8. The molecule has 2 atom stereocenters. The lowest BCUT2D eigenvalue weighted by Gasteiger charge is -2.19. The Balaban J connectivity index is 0.00000210. The van der Waals surface area contributed by atoms with E-state index in [0.29, 0.717) is 5.92 Å². The van der Waals surface area contributed by atoms with Crippen molar-refractivity contribution in [2.24, 2.45) is 0 Å². The first-order chi connectivity index (χ1) is 12.8. The number of rotatable bonds is 6. The number of aliphatic hydroxyl groups is 1. The summed E-state index contributed by atoms with van der Waals surface area (Å²) in [5.41, 5.74) is 6.64. The Hall–Kier alpha value is -2.13. The van der Waals surface area contributed by atoms with Crippen molar-refractivity contribution in [3.05, 3.63) is 95.6 Å². The van der Waals surface area contributed by atoms with Gasteiger partial charge in [0, 0.05) is 12.3 Å². The van der Waals surface area contributed by atoms with Crippen molar-refractivity contribution in [3.63, 3.8) is 0 Å². The number of hydrogen-bond donors (Lipinski definition) is 2. The molecular formula is C24H26ClNO. The molecule has 3 aromatic carbocycles. The fourth-order valence-electron chi connectivity index (χ4n) is 4.18. The highest BCUT2D eigenvalue weighted by Gasteiger charge is 2.28. The van der Waals surface area contributed by atoms with E-state index >= 15 is 0 Å². The highest BCUT2D eigenvalue weighted by atomic mass is 35.5. The Bertz CT molecular complexity index is 835. The fraction of sp³-hybridized carbons (Fsp3) is 0.250. The molecule has 4 rings (SSSR count). The van der Waals surface area contributed by atoms with Gasteiger partial charge in [0.15, 0.2) is 0 Å². The number of halogens is 1. The molecule has 2 nitrogen and oxygen atoms in total. The van der Waals surface area contributed by atoms with Gasteiger partial charge in [-0.05, 0) is 34.7 Å². The van der Waals surface area contributed by atoms with Crippen molar-refractivity contribution in [2.75, 3.05) is 6.54 Å².